The second-order valence-electron chi connectivity index (χ2n) is 28.6. The minimum Gasteiger partial charge on any atom is -0.508 e. The van der Waals surface area contributed by atoms with Gasteiger partial charge in [0.25, 0.3) is 0 Å². The maximum Gasteiger partial charge on any atom is 0.244 e. The van der Waals surface area contributed by atoms with Gasteiger partial charge in [-0.05, 0) is 275 Å². The molecular weight excluding hydrogens is 1670 g/mol. The van der Waals surface area contributed by atoms with Gasteiger partial charge in [-0.15, -0.1) is 0 Å². The summed E-state index contributed by atoms with van der Waals surface area (Å²) in [6.07, 6.45) is 22.6. The lowest BCUT2D eigenvalue weighted by Crippen LogP contribution is -2.23. The second-order valence-corrected chi connectivity index (χ2v) is 28.6. The summed E-state index contributed by atoms with van der Waals surface area (Å²) in [6.45, 7) is 3.08. The quantitative estimate of drug-likeness (QED) is 0.0137. The zero-order valence-corrected chi connectivity index (χ0v) is 72.0. The van der Waals surface area contributed by atoms with E-state index in [-0.39, 0.29) is 110 Å². The summed E-state index contributed by atoms with van der Waals surface area (Å²) < 4.78 is 10.0. The number of hydrogen-bond acceptors (Lipinski definition) is 21. The molecule has 0 aliphatic carbocycles. The highest BCUT2D eigenvalue weighted by Crippen LogP contribution is 2.30. The molecule has 0 saturated carbocycles. The van der Waals surface area contributed by atoms with Crippen molar-refractivity contribution in [3.63, 3.8) is 0 Å². The molecule has 678 valence electrons. The zero-order chi connectivity index (χ0) is 94.5. The smallest absolute Gasteiger partial charge is 0.244 e. The summed E-state index contributed by atoms with van der Waals surface area (Å²) >= 11 is 0. The van der Waals surface area contributed by atoms with E-state index in [1.165, 1.54) is 87.1 Å². The van der Waals surface area contributed by atoms with E-state index in [2.05, 4.69) is 31.9 Å². The molecule has 0 heterocycles. The highest BCUT2D eigenvalue weighted by Gasteiger charge is 2.09. The monoisotopic (exact) mass is 1770 g/mol. The summed E-state index contributed by atoms with van der Waals surface area (Å²) in [5, 5.41) is 137. The van der Waals surface area contributed by atoms with Gasteiger partial charge in [-0.2, -0.15) is 0 Å². The molecule has 27 heteroatoms. The van der Waals surface area contributed by atoms with Gasteiger partial charge < -0.3 is 108 Å². The summed E-state index contributed by atoms with van der Waals surface area (Å²) in [5.74, 6) is 0.407. The molecule has 0 bridgehead atoms. The standard InChI is InChI=1S/2C18H19NO4.2C17H17NO4.C17H17NO3.C17H17NO2/c2*1-23-17-12-14(4-8-16(17)21)5-9-18(22)19-11-10-13-2-6-15(20)7-3-13;2*19-14-5-1-12(2-6-14)9-10-18-17(22)8-4-13-3-7-15(20)16(21)11-13;19-15-6-1-13(2-7-15)5-10-17(21)18-12-11-14-3-8-16(20)9-4-14;19-16-9-6-15(7-10-16)12-13-18-17(20)11-8-14-4-2-1-3-5-14/h2*2-9,12,20-21H,10-11H2,1H3,(H,19,22);2*1-8,11,19-21H,9-10H2,(H,18,22);1-10,19-20H,11-12H2,(H,18,21);1-11,19H,12-13H2,(H,18,20)/b9-5+;9-5-;8-4+;8-4-;10-5+;11-8+. The SMILES string of the molecule is COc1cc(/C=C/C(=O)NCCc2ccc(O)cc2)ccc1O.COc1cc(/C=C\C(=O)NCCc2ccc(O)cc2)ccc1O.O=C(/C=C/c1ccc(O)c(O)c1)NCCc1ccc(O)cc1.O=C(/C=C/c1ccc(O)cc1)NCCc1ccc(O)cc1.O=C(/C=C/c1ccccc1)NCCc1ccc(O)cc1.O=C(/C=C\c1ccc(O)c(O)c1)NCCc1ccc(O)cc1. The Hall–Kier alpha value is -17.1. The third-order valence-electron chi connectivity index (χ3n) is 18.6. The van der Waals surface area contributed by atoms with Gasteiger partial charge in [0.05, 0.1) is 14.2 Å². The molecule has 131 heavy (non-hydrogen) atoms. The first-order valence-corrected chi connectivity index (χ1v) is 41.2. The third-order valence-corrected chi connectivity index (χ3v) is 18.6. The lowest BCUT2D eigenvalue weighted by molar-refractivity contribution is -0.117. The van der Waals surface area contributed by atoms with Crippen molar-refractivity contribution in [1.29, 1.82) is 0 Å². The van der Waals surface area contributed by atoms with Gasteiger partial charge in [-0.25, -0.2) is 0 Å². The second kappa shape index (κ2) is 56.0. The van der Waals surface area contributed by atoms with Crippen LogP contribution in [-0.4, -0.2) is 155 Å². The fourth-order valence-corrected chi connectivity index (χ4v) is 11.4. The molecule has 0 fully saturated rings. The Morgan fingerprint density at radius 1 is 0.214 bits per heavy atom. The van der Waals surface area contributed by atoms with Crippen molar-refractivity contribution in [2.75, 3.05) is 53.5 Å². The summed E-state index contributed by atoms with van der Waals surface area (Å²) in [5.41, 5.74) is 10.8. The molecule has 12 aromatic rings. The average Bonchev–Trinajstić information content (AvgIpc) is 0.881. The number of benzene rings is 12. The molecule has 0 aliphatic heterocycles. The molecule has 0 aromatic heterocycles. The van der Waals surface area contributed by atoms with Crippen LogP contribution in [0.1, 0.15) is 66.8 Å². The number of carbonyl (C=O) groups excluding carboxylic acids is 6. The van der Waals surface area contributed by atoms with Gasteiger partial charge in [0.1, 0.15) is 40.2 Å². The Labute approximate surface area is 758 Å². The van der Waals surface area contributed by atoms with Gasteiger partial charge >= 0.3 is 0 Å². The lowest BCUT2D eigenvalue weighted by Gasteiger charge is -2.04. The maximum atomic E-state index is 11.8. The van der Waals surface area contributed by atoms with E-state index in [4.69, 9.17) is 19.7 Å². The van der Waals surface area contributed by atoms with Gasteiger partial charge in [0.15, 0.2) is 46.0 Å². The molecular formula is C104H106N6O21. The van der Waals surface area contributed by atoms with E-state index >= 15 is 0 Å². The Kier molecular flexibility index (Phi) is 43.2. The van der Waals surface area contributed by atoms with E-state index < -0.39 is 0 Å². The Balaban J connectivity index is 0.000000215. The van der Waals surface area contributed by atoms with Crippen LogP contribution in [0.5, 0.6) is 86.2 Å². The third kappa shape index (κ3) is 41.5. The Morgan fingerprint density at radius 2 is 0.397 bits per heavy atom. The zero-order valence-electron chi connectivity index (χ0n) is 72.0. The van der Waals surface area contributed by atoms with E-state index in [0.29, 0.717) is 94.0 Å². The summed E-state index contributed by atoms with van der Waals surface area (Å²) in [7, 11) is 2.94. The number of nitrogens with one attached hydrogen (secondary N) is 6. The van der Waals surface area contributed by atoms with Gasteiger partial charge in [-0.1, -0.05) is 140 Å². The first kappa shape index (κ1) is 101. The molecule has 0 saturated heterocycles. The van der Waals surface area contributed by atoms with Crippen LogP contribution in [0, 0.1) is 0 Å². The fourth-order valence-electron chi connectivity index (χ4n) is 11.4. The predicted octanol–water partition coefficient (Wildman–Crippen LogP) is 14.5. The number of ether oxygens (including phenoxy) is 2. The largest absolute Gasteiger partial charge is 0.508 e. The van der Waals surface area contributed by atoms with E-state index in [9.17, 15) is 84.9 Å². The first-order chi connectivity index (χ1) is 63.1. The number of methoxy groups -OCH3 is 2. The van der Waals surface area contributed by atoms with Crippen molar-refractivity contribution in [3.05, 3.63) is 376 Å². The summed E-state index contributed by atoms with van der Waals surface area (Å²) in [4.78, 5) is 70.1. The van der Waals surface area contributed by atoms with Crippen molar-refractivity contribution < 1.29 is 105 Å². The molecule has 27 nitrogen and oxygen atoms in total. The number of carbonyl (C=O) groups is 6. The molecule has 0 spiro atoms. The number of phenols is 13. The van der Waals surface area contributed by atoms with Crippen LogP contribution in [0.3, 0.4) is 0 Å². The van der Waals surface area contributed by atoms with Crippen LogP contribution in [0.2, 0.25) is 0 Å². The molecule has 0 atom stereocenters. The minimum atomic E-state index is -0.244. The average molecular weight is 1780 g/mol. The highest BCUT2D eigenvalue weighted by atomic mass is 16.5. The van der Waals surface area contributed by atoms with Crippen LogP contribution in [-0.2, 0) is 67.3 Å². The van der Waals surface area contributed by atoms with Crippen LogP contribution in [0.15, 0.2) is 309 Å². The normalized spacial score (nSPS) is 10.7. The van der Waals surface area contributed by atoms with Crippen molar-refractivity contribution in [2.24, 2.45) is 0 Å². The molecule has 0 aliphatic rings. The van der Waals surface area contributed by atoms with Crippen molar-refractivity contribution in [3.8, 4) is 86.2 Å². The number of amides is 6. The number of rotatable bonds is 32. The van der Waals surface area contributed by atoms with Crippen LogP contribution < -0.4 is 41.4 Å². The van der Waals surface area contributed by atoms with Crippen LogP contribution >= 0.6 is 0 Å². The number of hydrogen-bond donors (Lipinski definition) is 19. The van der Waals surface area contributed by atoms with Crippen LogP contribution in [0.25, 0.3) is 36.5 Å². The van der Waals surface area contributed by atoms with Crippen molar-refractivity contribution in [2.45, 2.75) is 38.5 Å². The lowest BCUT2D eigenvalue weighted by atomic mass is 10.1. The highest BCUT2D eigenvalue weighted by molar-refractivity contribution is 5.95. The molecule has 0 unspecified atom stereocenters. The van der Waals surface area contributed by atoms with E-state index in [1.807, 2.05) is 78.9 Å². The van der Waals surface area contributed by atoms with Gasteiger partial charge in [-0.3, -0.25) is 28.8 Å². The van der Waals surface area contributed by atoms with E-state index in [1.54, 1.807) is 194 Å². The van der Waals surface area contributed by atoms with Crippen molar-refractivity contribution >= 4 is 71.9 Å². The Bertz CT molecular complexity index is 5530. The molecule has 12 aromatic carbocycles. The van der Waals surface area contributed by atoms with Crippen molar-refractivity contribution in [1.82, 2.24) is 31.9 Å². The maximum absolute atomic E-state index is 11.8. The van der Waals surface area contributed by atoms with Gasteiger partial charge in [0, 0.05) is 75.7 Å². The number of aromatic hydroxyl groups is 13. The van der Waals surface area contributed by atoms with Crippen LogP contribution in [0.4, 0.5) is 0 Å². The minimum absolute atomic E-state index is 0.0583. The Morgan fingerprint density at radius 3 is 0.611 bits per heavy atom. The molecule has 6 amide bonds. The van der Waals surface area contributed by atoms with E-state index in [0.717, 1.165) is 62.1 Å². The fraction of sp³-hybridized carbons (Fsp3) is 0.135. The number of phenolic OH excluding ortho intramolecular Hbond substituents is 13. The van der Waals surface area contributed by atoms with Gasteiger partial charge in [0.2, 0.25) is 35.4 Å². The molecule has 19 N–H and O–H groups in total. The predicted molar refractivity (Wildman–Crippen MR) is 507 cm³/mol. The molecule has 12 rings (SSSR count). The first-order valence-electron chi connectivity index (χ1n) is 41.2. The topological polar surface area (TPSA) is 456 Å². The molecule has 0 radical (unpaired) electrons. The summed E-state index contributed by atoms with van der Waals surface area (Å²) in [6, 6.07) is 75.9.